The first-order valence-electron chi connectivity index (χ1n) is 6.44. The van der Waals surface area contributed by atoms with Crippen molar-refractivity contribution in [1.29, 1.82) is 0 Å². The lowest BCUT2D eigenvalue weighted by Crippen LogP contribution is -2.01. The fourth-order valence-electron chi connectivity index (χ4n) is 1.76. The summed E-state index contributed by atoms with van der Waals surface area (Å²) in [5, 5.41) is -0.555. The molecule has 0 atom stereocenters. The Labute approximate surface area is 127 Å². The Morgan fingerprint density at radius 1 is 1.10 bits per heavy atom. The summed E-state index contributed by atoms with van der Waals surface area (Å²) < 4.78 is 23.9. The van der Waals surface area contributed by atoms with Crippen molar-refractivity contribution in [3.05, 3.63) is 59.4 Å². The summed E-state index contributed by atoms with van der Waals surface area (Å²) in [5.74, 6) is 0.660. The summed E-state index contributed by atoms with van der Waals surface area (Å²) in [6.07, 6.45) is 0. The molecule has 2 aromatic carbocycles. The number of hydrogen-bond acceptors (Lipinski definition) is 3. The van der Waals surface area contributed by atoms with Crippen molar-refractivity contribution in [2.45, 2.75) is 13.5 Å². The van der Waals surface area contributed by atoms with E-state index in [1.165, 1.54) is 12.1 Å². The summed E-state index contributed by atoms with van der Waals surface area (Å²) in [6, 6.07) is 10.8. The number of carbonyl (C=O) groups is 1. The Balaban J connectivity index is 2.14. The molecule has 0 N–H and O–H groups in total. The highest BCUT2D eigenvalue weighted by molar-refractivity contribution is 6.67. The molecule has 0 unspecified atom stereocenters. The molecule has 110 valence electrons. The van der Waals surface area contributed by atoms with Crippen LogP contribution in [0.1, 0.15) is 22.8 Å². The molecule has 2 rings (SSSR count). The van der Waals surface area contributed by atoms with Crippen molar-refractivity contribution in [3.63, 3.8) is 0 Å². The second-order valence-corrected chi connectivity index (χ2v) is 4.63. The molecule has 0 aliphatic carbocycles. The highest BCUT2D eigenvalue weighted by Gasteiger charge is 2.10. The Hall–Kier alpha value is -2.07. The summed E-state index contributed by atoms with van der Waals surface area (Å²) in [6.45, 7) is 2.54. The van der Waals surface area contributed by atoms with Crippen molar-refractivity contribution in [1.82, 2.24) is 0 Å². The van der Waals surface area contributed by atoms with E-state index in [2.05, 4.69) is 0 Å². The van der Waals surface area contributed by atoms with Crippen molar-refractivity contribution < 1.29 is 18.7 Å². The Morgan fingerprint density at radius 3 is 2.43 bits per heavy atom. The van der Waals surface area contributed by atoms with Crippen molar-refractivity contribution in [3.8, 4) is 11.5 Å². The molecule has 0 aromatic heterocycles. The van der Waals surface area contributed by atoms with Gasteiger partial charge in [-0.05, 0) is 54.4 Å². The average Bonchev–Trinajstić information content (AvgIpc) is 2.47. The lowest BCUT2D eigenvalue weighted by Gasteiger charge is -2.12. The molecular formula is C16H14ClFO3. The van der Waals surface area contributed by atoms with E-state index in [0.717, 1.165) is 5.56 Å². The van der Waals surface area contributed by atoms with Gasteiger partial charge in [-0.15, -0.1) is 0 Å². The maximum absolute atomic E-state index is 12.8. The maximum Gasteiger partial charge on any atom is 0.252 e. The normalized spacial score (nSPS) is 10.2. The van der Waals surface area contributed by atoms with E-state index in [9.17, 15) is 9.18 Å². The maximum atomic E-state index is 12.8. The zero-order valence-electron chi connectivity index (χ0n) is 11.4. The van der Waals surface area contributed by atoms with Crippen molar-refractivity contribution in [2.24, 2.45) is 0 Å². The molecule has 0 saturated heterocycles. The van der Waals surface area contributed by atoms with Gasteiger partial charge in [0, 0.05) is 5.56 Å². The SMILES string of the molecule is CCOc1cc(C(=O)Cl)ccc1OCc1ccc(F)cc1. The minimum Gasteiger partial charge on any atom is -0.490 e. The standard InChI is InChI=1S/C16H14ClFO3/c1-2-20-15-9-12(16(17)19)5-8-14(15)21-10-11-3-6-13(18)7-4-11/h3-9H,2,10H2,1H3. The van der Waals surface area contributed by atoms with Gasteiger partial charge in [0.25, 0.3) is 5.24 Å². The molecule has 0 fully saturated rings. The Kier molecular flexibility index (Phi) is 5.17. The van der Waals surface area contributed by atoms with Crippen LogP contribution in [-0.4, -0.2) is 11.8 Å². The van der Waals surface area contributed by atoms with Crippen LogP contribution in [0.4, 0.5) is 4.39 Å². The molecule has 3 nitrogen and oxygen atoms in total. The van der Waals surface area contributed by atoms with Crippen LogP contribution < -0.4 is 9.47 Å². The number of rotatable bonds is 6. The summed E-state index contributed by atoms with van der Waals surface area (Å²) in [4.78, 5) is 11.2. The minimum atomic E-state index is -0.555. The molecule has 2 aromatic rings. The molecule has 0 saturated carbocycles. The van der Waals surface area contributed by atoms with Gasteiger partial charge in [0.1, 0.15) is 12.4 Å². The minimum absolute atomic E-state index is 0.272. The highest BCUT2D eigenvalue weighted by Crippen LogP contribution is 2.29. The van der Waals surface area contributed by atoms with Crippen molar-refractivity contribution >= 4 is 16.8 Å². The topological polar surface area (TPSA) is 35.5 Å². The molecular weight excluding hydrogens is 295 g/mol. The molecule has 0 heterocycles. The first-order valence-corrected chi connectivity index (χ1v) is 6.82. The van der Waals surface area contributed by atoms with Crippen LogP contribution in [0.5, 0.6) is 11.5 Å². The molecule has 0 amide bonds. The van der Waals surface area contributed by atoms with E-state index in [0.29, 0.717) is 23.7 Å². The predicted octanol–water partition coefficient (Wildman–Crippen LogP) is 4.18. The van der Waals surface area contributed by atoms with Crippen LogP contribution in [0.15, 0.2) is 42.5 Å². The summed E-state index contributed by atoms with van der Waals surface area (Å²) in [7, 11) is 0. The molecule has 0 bridgehead atoms. The number of carbonyl (C=O) groups excluding carboxylic acids is 1. The fourth-order valence-corrected chi connectivity index (χ4v) is 1.88. The zero-order chi connectivity index (χ0) is 15.2. The number of ether oxygens (including phenoxy) is 2. The highest BCUT2D eigenvalue weighted by atomic mass is 35.5. The van der Waals surface area contributed by atoms with Gasteiger partial charge in [0.05, 0.1) is 6.61 Å². The van der Waals surface area contributed by atoms with Gasteiger partial charge in [-0.25, -0.2) is 4.39 Å². The van der Waals surface area contributed by atoms with Gasteiger partial charge >= 0.3 is 0 Å². The second kappa shape index (κ2) is 7.09. The molecule has 0 aliphatic heterocycles. The molecule has 5 heteroatoms. The Morgan fingerprint density at radius 2 is 1.81 bits per heavy atom. The van der Waals surface area contributed by atoms with Crippen LogP contribution in [0.25, 0.3) is 0 Å². The number of hydrogen-bond donors (Lipinski definition) is 0. The van der Waals surface area contributed by atoms with E-state index in [4.69, 9.17) is 21.1 Å². The third-order valence-electron chi connectivity index (χ3n) is 2.78. The average molecular weight is 309 g/mol. The third kappa shape index (κ3) is 4.20. The molecule has 0 radical (unpaired) electrons. The number of benzene rings is 2. The first-order chi connectivity index (χ1) is 10.1. The van der Waals surface area contributed by atoms with Crippen LogP contribution in [-0.2, 0) is 6.61 Å². The molecule has 21 heavy (non-hydrogen) atoms. The molecule has 0 spiro atoms. The van der Waals surface area contributed by atoms with Gasteiger partial charge < -0.3 is 9.47 Å². The van der Waals surface area contributed by atoms with Gasteiger partial charge in [-0.2, -0.15) is 0 Å². The lowest BCUT2D eigenvalue weighted by molar-refractivity contribution is 0.108. The fraction of sp³-hybridized carbons (Fsp3) is 0.188. The van der Waals surface area contributed by atoms with E-state index < -0.39 is 5.24 Å². The van der Waals surface area contributed by atoms with E-state index in [1.54, 1.807) is 30.3 Å². The third-order valence-corrected chi connectivity index (χ3v) is 3.00. The van der Waals surface area contributed by atoms with Gasteiger partial charge in [0.2, 0.25) is 0 Å². The summed E-state index contributed by atoms with van der Waals surface area (Å²) in [5.41, 5.74) is 1.17. The zero-order valence-corrected chi connectivity index (χ0v) is 12.2. The quantitative estimate of drug-likeness (QED) is 0.751. The van der Waals surface area contributed by atoms with Crippen LogP contribution in [0.2, 0.25) is 0 Å². The smallest absolute Gasteiger partial charge is 0.252 e. The molecule has 0 aliphatic rings. The van der Waals surface area contributed by atoms with Crippen LogP contribution >= 0.6 is 11.6 Å². The monoisotopic (exact) mass is 308 g/mol. The van der Waals surface area contributed by atoms with Crippen molar-refractivity contribution in [2.75, 3.05) is 6.61 Å². The number of halogens is 2. The predicted molar refractivity (Wildman–Crippen MR) is 78.5 cm³/mol. The first kappa shape index (κ1) is 15.3. The van der Waals surface area contributed by atoms with E-state index in [1.807, 2.05) is 6.92 Å². The van der Waals surface area contributed by atoms with Crippen LogP contribution in [0.3, 0.4) is 0 Å². The van der Waals surface area contributed by atoms with E-state index in [-0.39, 0.29) is 12.4 Å². The van der Waals surface area contributed by atoms with Crippen LogP contribution in [0, 0.1) is 5.82 Å². The van der Waals surface area contributed by atoms with Gasteiger partial charge in [0.15, 0.2) is 11.5 Å². The van der Waals surface area contributed by atoms with Gasteiger partial charge in [-0.1, -0.05) is 12.1 Å². The largest absolute Gasteiger partial charge is 0.490 e. The lowest BCUT2D eigenvalue weighted by atomic mass is 10.2. The van der Waals surface area contributed by atoms with E-state index >= 15 is 0 Å². The summed E-state index contributed by atoms with van der Waals surface area (Å²) >= 11 is 5.44. The Bertz CT molecular complexity index is 626. The second-order valence-electron chi connectivity index (χ2n) is 4.28. The van der Waals surface area contributed by atoms with Gasteiger partial charge in [-0.3, -0.25) is 4.79 Å².